The molecule has 3 atom stereocenters. The monoisotopic (exact) mass is 326 g/mol. The largest absolute Gasteiger partial charge is 0.340 e. The van der Waals surface area contributed by atoms with Crippen LogP contribution in [0.1, 0.15) is 30.5 Å². The van der Waals surface area contributed by atoms with Gasteiger partial charge in [0.2, 0.25) is 5.91 Å². The van der Waals surface area contributed by atoms with Crippen LogP contribution in [0.25, 0.3) is 0 Å². The van der Waals surface area contributed by atoms with Gasteiger partial charge in [-0.1, -0.05) is 0 Å². The number of hydrazine groups is 1. The average Bonchev–Trinajstić information content (AvgIpc) is 3.34. The summed E-state index contributed by atoms with van der Waals surface area (Å²) in [7, 11) is 0. The van der Waals surface area contributed by atoms with Crippen molar-refractivity contribution in [3.63, 3.8) is 0 Å². The molecule has 0 radical (unpaired) electrons. The number of hydrogen-bond acceptors (Lipinski definition) is 5. The fraction of sp³-hybridized carbons (Fsp3) is 0.471. The molecule has 0 aromatic carbocycles. The van der Waals surface area contributed by atoms with Gasteiger partial charge in [-0.3, -0.25) is 15.2 Å². The zero-order valence-electron chi connectivity index (χ0n) is 13.5. The third-order valence-corrected chi connectivity index (χ3v) is 5.02. The van der Waals surface area contributed by atoms with Crippen molar-refractivity contribution in [1.82, 2.24) is 30.3 Å². The maximum Gasteiger partial charge on any atom is 0.229 e. The Morgan fingerprint density at radius 2 is 2.08 bits per heavy atom. The first-order valence-electron chi connectivity index (χ1n) is 8.47. The Bertz CT molecular complexity index is 674. The number of hydrogen-bond donors (Lipinski definition) is 2. The summed E-state index contributed by atoms with van der Waals surface area (Å²) in [6.45, 7) is 2.25. The van der Waals surface area contributed by atoms with Gasteiger partial charge in [-0.05, 0) is 30.5 Å². The van der Waals surface area contributed by atoms with Gasteiger partial charge >= 0.3 is 0 Å². The predicted octanol–water partition coefficient (Wildman–Crippen LogP) is 0.907. The molecule has 7 nitrogen and oxygen atoms in total. The summed E-state index contributed by atoms with van der Waals surface area (Å²) in [5.41, 5.74) is 7.48. The average molecular weight is 326 g/mol. The highest BCUT2D eigenvalue weighted by molar-refractivity contribution is 5.80. The van der Waals surface area contributed by atoms with Crippen LogP contribution >= 0.6 is 0 Å². The van der Waals surface area contributed by atoms with E-state index in [1.807, 2.05) is 29.6 Å². The van der Waals surface area contributed by atoms with Crippen LogP contribution in [0.5, 0.6) is 0 Å². The Balaban J connectivity index is 1.48. The van der Waals surface area contributed by atoms with Gasteiger partial charge in [0, 0.05) is 44.4 Å². The second kappa shape index (κ2) is 6.70. The summed E-state index contributed by atoms with van der Waals surface area (Å²) in [6.07, 6.45) is 11.3. The minimum Gasteiger partial charge on any atom is -0.340 e. The number of imidazole rings is 1. The second-order valence-corrected chi connectivity index (χ2v) is 6.48. The van der Waals surface area contributed by atoms with E-state index >= 15 is 0 Å². The van der Waals surface area contributed by atoms with Crippen LogP contribution in [-0.2, 0) is 4.79 Å². The first-order valence-corrected chi connectivity index (χ1v) is 8.47. The highest BCUT2D eigenvalue weighted by Crippen LogP contribution is 2.29. The lowest BCUT2D eigenvalue weighted by Gasteiger charge is -2.35. The Morgan fingerprint density at radius 1 is 1.21 bits per heavy atom. The standard InChI is InChI=1S/C17H22N6O/c24-17(15-10-20-21-16(15)13-3-5-18-6-4-13)22-8-1-2-14(11-22)23-9-7-19-12-23/h3-7,9,12,14-16,20-21H,1-2,8,10-11H2. The summed E-state index contributed by atoms with van der Waals surface area (Å²) in [4.78, 5) is 23.3. The van der Waals surface area contributed by atoms with Crippen LogP contribution in [0, 0.1) is 5.92 Å². The molecular formula is C17H22N6O. The minimum absolute atomic E-state index is 0.00544. The summed E-state index contributed by atoms with van der Waals surface area (Å²) in [5, 5.41) is 0. The molecule has 1 amide bonds. The first kappa shape index (κ1) is 15.3. The minimum atomic E-state index is -0.0889. The van der Waals surface area contributed by atoms with Crippen LogP contribution in [0.3, 0.4) is 0 Å². The van der Waals surface area contributed by atoms with Crippen molar-refractivity contribution in [1.29, 1.82) is 0 Å². The number of piperidine rings is 1. The molecule has 0 spiro atoms. The fourth-order valence-corrected chi connectivity index (χ4v) is 3.73. The smallest absolute Gasteiger partial charge is 0.229 e. The van der Waals surface area contributed by atoms with E-state index in [1.165, 1.54) is 0 Å². The molecule has 4 heterocycles. The maximum atomic E-state index is 13.1. The van der Waals surface area contributed by atoms with E-state index in [0.29, 0.717) is 12.6 Å². The van der Waals surface area contributed by atoms with E-state index in [0.717, 1.165) is 31.5 Å². The molecule has 2 aliphatic heterocycles. The molecule has 2 fully saturated rings. The lowest BCUT2D eigenvalue weighted by Crippen LogP contribution is -2.45. The Kier molecular flexibility index (Phi) is 4.27. The van der Waals surface area contributed by atoms with Gasteiger partial charge in [0.15, 0.2) is 0 Å². The molecule has 0 aliphatic carbocycles. The number of pyridine rings is 1. The molecule has 2 saturated heterocycles. The molecule has 2 aliphatic rings. The number of nitrogens with one attached hydrogen (secondary N) is 2. The zero-order chi connectivity index (χ0) is 16.4. The van der Waals surface area contributed by atoms with Crippen LogP contribution < -0.4 is 10.9 Å². The number of nitrogens with zero attached hydrogens (tertiary/aromatic N) is 4. The Labute approximate surface area is 141 Å². The fourth-order valence-electron chi connectivity index (χ4n) is 3.73. The lowest BCUT2D eigenvalue weighted by atomic mass is 9.93. The SMILES string of the molecule is O=C(C1CNNC1c1ccncc1)N1CCCC(n2ccnc2)C1. The summed E-state index contributed by atoms with van der Waals surface area (Å²) in [6, 6.07) is 4.26. The molecule has 126 valence electrons. The first-order chi connectivity index (χ1) is 11.8. The second-order valence-electron chi connectivity index (χ2n) is 6.48. The number of amides is 1. The summed E-state index contributed by atoms with van der Waals surface area (Å²) >= 11 is 0. The summed E-state index contributed by atoms with van der Waals surface area (Å²) < 4.78 is 2.12. The predicted molar refractivity (Wildman–Crippen MR) is 88.7 cm³/mol. The third-order valence-electron chi connectivity index (χ3n) is 5.02. The molecule has 0 saturated carbocycles. The van der Waals surface area contributed by atoms with Crippen molar-refractivity contribution in [3.8, 4) is 0 Å². The highest BCUT2D eigenvalue weighted by Gasteiger charge is 2.37. The van der Waals surface area contributed by atoms with Crippen molar-refractivity contribution >= 4 is 5.91 Å². The van der Waals surface area contributed by atoms with Crippen molar-refractivity contribution in [3.05, 3.63) is 48.8 Å². The quantitative estimate of drug-likeness (QED) is 0.877. The van der Waals surface area contributed by atoms with Gasteiger partial charge in [-0.2, -0.15) is 0 Å². The number of aromatic nitrogens is 3. The molecule has 7 heteroatoms. The van der Waals surface area contributed by atoms with Crippen molar-refractivity contribution in [2.24, 2.45) is 5.92 Å². The van der Waals surface area contributed by atoms with E-state index < -0.39 is 0 Å². The van der Waals surface area contributed by atoms with E-state index in [1.54, 1.807) is 18.6 Å². The Hall–Kier alpha value is -2.25. The number of carbonyl (C=O) groups excluding carboxylic acids is 1. The Morgan fingerprint density at radius 3 is 2.88 bits per heavy atom. The van der Waals surface area contributed by atoms with Gasteiger partial charge in [-0.25, -0.2) is 10.4 Å². The van der Waals surface area contributed by atoms with E-state index in [4.69, 9.17) is 0 Å². The third kappa shape index (κ3) is 2.92. The van der Waals surface area contributed by atoms with Crippen molar-refractivity contribution in [2.75, 3.05) is 19.6 Å². The van der Waals surface area contributed by atoms with Crippen LogP contribution in [0.15, 0.2) is 43.2 Å². The number of carbonyl (C=O) groups is 1. The maximum absolute atomic E-state index is 13.1. The lowest BCUT2D eigenvalue weighted by molar-refractivity contribution is -0.137. The number of rotatable bonds is 3. The van der Waals surface area contributed by atoms with E-state index in [-0.39, 0.29) is 17.9 Å². The highest BCUT2D eigenvalue weighted by atomic mass is 16.2. The van der Waals surface area contributed by atoms with Crippen molar-refractivity contribution < 1.29 is 4.79 Å². The van der Waals surface area contributed by atoms with Crippen LogP contribution in [-0.4, -0.2) is 45.0 Å². The topological polar surface area (TPSA) is 75.1 Å². The van der Waals surface area contributed by atoms with Crippen molar-refractivity contribution in [2.45, 2.75) is 24.9 Å². The summed E-state index contributed by atoms with van der Waals surface area (Å²) in [5.74, 6) is 0.132. The van der Waals surface area contributed by atoms with Gasteiger partial charge in [0.25, 0.3) is 0 Å². The molecule has 0 bridgehead atoms. The van der Waals surface area contributed by atoms with E-state index in [9.17, 15) is 4.79 Å². The molecule has 2 aromatic heterocycles. The van der Waals surface area contributed by atoms with Gasteiger partial charge in [-0.15, -0.1) is 0 Å². The zero-order valence-corrected chi connectivity index (χ0v) is 13.5. The van der Waals surface area contributed by atoms with Gasteiger partial charge in [0.1, 0.15) is 0 Å². The van der Waals surface area contributed by atoms with Gasteiger partial charge in [0.05, 0.1) is 24.3 Å². The molecule has 2 N–H and O–H groups in total. The normalized spacial score (nSPS) is 27.3. The molecule has 24 heavy (non-hydrogen) atoms. The van der Waals surface area contributed by atoms with E-state index in [2.05, 4.69) is 25.4 Å². The molecular weight excluding hydrogens is 304 g/mol. The van der Waals surface area contributed by atoms with Crippen LogP contribution in [0.4, 0.5) is 0 Å². The number of likely N-dealkylation sites (tertiary alicyclic amines) is 1. The van der Waals surface area contributed by atoms with Gasteiger partial charge < -0.3 is 9.47 Å². The molecule has 4 rings (SSSR count). The van der Waals surface area contributed by atoms with Crippen LogP contribution in [0.2, 0.25) is 0 Å². The molecule has 2 aromatic rings. The molecule has 3 unspecified atom stereocenters.